The number of amides is 1. The Morgan fingerprint density at radius 2 is 1.75 bits per heavy atom. The van der Waals surface area contributed by atoms with E-state index in [0.29, 0.717) is 10.6 Å². The molecule has 1 amide bonds. The number of rotatable bonds is 6. The van der Waals surface area contributed by atoms with Gasteiger partial charge in [0.2, 0.25) is 10.0 Å². The van der Waals surface area contributed by atoms with Gasteiger partial charge in [-0.15, -0.1) is 0 Å². The second-order valence-electron chi connectivity index (χ2n) is 7.24. The van der Waals surface area contributed by atoms with Crippen LogP contribution in [-0.4, -0.2) is 20.4 Å². The van der Waals surface area contributed by atoms with Crippen LogP contribution in [0.1, 0.15) is 53.6 Å². The molecule has 2 N–H and O–H groups in total. The molecule has 1 aliphatic rings. The summed E-state index contributed by atoms with van der Waals surface area (Å²) in [6, 6.07) is 11.8. The first-order chi connectivity index (χ1) is 13.3. The summed E-state index contributed by atoms with van der Waals surface area (Å²) in [6.45, 7) is 1.96. The van der Waals surface area contributed by atoms with Crippen molar-refractivity contribution in [2.75, 3.05) is 0 Å². The molecule has 0 unspecified atom stereocenters. The number of hydrogen-bond acceptors (Lipinski definition) is 3. The zero-order valence-electron chi connectivity index (χ0n) is 15.9. The summed E-state index contributed by atoms with van der Waals surface area (Å²) >= 11 is 5.85. The Labute approximate surface area is 171 Å². The first kappa shape index (κ1) is 20.8. The molecular weight excluding hydrogens is 396 g/mol. The molecule has 0 saturated heterocycles. The van der Waals surface area contributed by atoms with Gasteiger partial charge in [0.15, 0.2) is 0 Å². The van der Waals surface area contributed by atoms with Crippen molar-refractivity contribution >= 4 is 27.5 Å². The van der Waals surface area contributed by atoms with Gasteiger partial charge in [0.25, 0.3) is 5.91 Å². The molecule has 0 radical (unpaired) electrons. The van der Waals surface area contributed by atoms with Crippen molar-refractivity contribution in [3.63, 3.8) is 0 Å². The van der Waals surface area contributed by atoms with Crippen molar-refractivity contribution in [1.82, 2.24) is 10.0 Å². The first-order valence-corrected chi connectivity index (χ1v) is 11.4. The Hall–Kier alpha value is -1.89. The maximum atomic E-state index is 12.7. The molecule has 0 spiro atoms. The highest BCUT2D eigenvalue weighted by Gasteiger charge is 2.21. The van der Waals surface area contributed by atoms with E-state index in [2.05, 4.69) is 10.0 Å². The van der Waals surface area contributed by atoms with Crippen molar-refractivity contribution in [1.29, 1.82) is 0 Å². The van der Waals surface area contributed by atoms with E-state index in [1.807, 2.05) is 6.92 Å². The van der Waals surface area contributed by atoms with Gasteiger partial charge < -0.3 is 5.32 Å². The number of halogens is 1. The third-order valence-electron chi connectivity index (χ3n) is 5.08. The third kappa shape index (κ3) is 5.34. The number of carbonyl (C=O) groups excluding carboxylic acids is 1. The zero-order chi connectivity index (χ0) is 20.1. The summed E-state index contributed by atoms with van der Waals surface area (Å²) < 4.78 is 27.9. The number of sulfonamides is 1. The lowest BCUT2D eigenvalue weighted by Crippen LogP contribution is -2.36. The second kappa shape index (κ2) is 9.07. The minimum Gasteiger partial charge on any atom is -0.349 e. The fraction of sp³-hybridized carbons (Fsp3) is 0.381. The summed E-state index contributed by atoms with van der Waals surface area (Å²) in [5, 5.41) is 3.65. The second-order valence-corrected chi connectivity index (χ2v) is 9.44. The molecule has 0 atom stereocenters. The molecule has 0 aliphatic heterocycles. The van der Waals surface area contributed by atoms with E-state index >= 15 is 0 Å². The molecule has 5 nitrogen and oxygen atoms in total. The summed E-state index contributed by atoms with van der Waals surface area (Å²) in [7, 11) is -3.74. The summed E-state index contributed by atoms with van der Waals surface area (Å²) in [5.41, 5.74) is 1.96. The van der Waals surface area contributed by atoms with E-state index in [-0.39, 0.29) is 23.4 Å². The molecule has 7 heteroatoms. The van der Waals surface area contributed by atoms with Gasteiger partial charge in [0.1, 0.15) is 0 Å². The normalized spacial score (nSPS) is 15.4. The van der Waals surface area contributed by atoms with E-state index in [4.69, 9.17) is 11.6 Å². The molecule has 150 valence electrons. The van der Waals surface area contributed by atoms with Gasteiger partial charge in [0.05, 0.1) is 4.90 Å². The van der Waals surface area contributed by atoms with Crippen LogP contribution in [0.5, 0.6) is 0 Å². The highest BCUT2D eigenvalue weighted by atomic mass is 35.5. The average molecular weight is 421 g/mol. The molecule has 3 rings (SSSR count). The van der Waals surface area contributed by atoms with Crippen LogP contribution in [0.4, 0.5) is 0 Å². The van der Waals surface area contributed by atoms with Crippen LogP contribution in [0.15, 0.2) is 47.4 Å². The Balaban J connectivity index is 1.73. The van der Waals surface area contributed by atoms with Gasteiger partial charge in [-0.1, -0.05) is 49.1 Å². The topological polar surface area (TPSA) is 75.3 Å². The number of carbonyl (C=O) groups is 1. The Morgan fingerprint density at radius 1 is 1.07 bits per heavy atom. The van der Waals surface area contributed by atoms with Crippen molar-refractivity contribution in [3.05, 3.63) is 64.2 Å². The highest BCUT2D eigenvalue weighted by molar-refractivity contribution is 7.89. The number of benzene rings is 2. The van der Waals surface area contributed by atoms with Crippen LogP contribution in [-0.2, 0) is 16.6 Å². The molecule has 0 heterocycles. The Bertz CT molecular complexity index is 937. The van der Waals surface area contributed by atoms with Gasteiger partial charge in [-0.3, -0.25) is 4.79 Å². The Kier molecular flexibility index (Phi) is 6.75. The smallest absolute Gasteiger partial charge is 0.251 e. The summed E-state index contributed by atoms with van der Waals surface area (Å²) in [4.78, 5) is 12.8. The van der Waals surface area contributed by atoms with Gasteiger partial charge in [0, 0.05) is 23.2 Å². The molecule has 0 bridgehead atoms. The largest absolute Gasteiger partial charge is 0.349 e. The lowest BCUT2D eigenvalue weighted by molar-refractivity contribution is 0.0927. The standard InChI is InChI=1S/C21H25ClN2O3S/c1-15-7-12-19(13-20(15)21(25)24-18-5-3-2-4-6-18)28(26,27)23-14-16-8-10-17(22)11-9-16/h7-13,18,23H,2-6,14H2,1H3,(H,24,25). The molecule has 1 fully saturated rings. The minimum atomic E-state index is -3.74. The van der Waals surface area contributed by atoms with Crippen molar-refractivity contribution in [3.8, 4) is 0 Å². The molecule has 0 aromatic heterocycles. The molecule has 2 aromatic rings. The van der Waals surface area contributed by atoms with E-state index in [1.165, 1.54) is 18.6 Å². The van der Waals surface area contributed by atoms with E-state index in [0.717, 1.165) is 36.8 Å². The number of nitrogens with one attached hydrogen (secondary N) is 2. The predicted molar refractivity (Wildman–Crippen MR) is 111 cm³/mol. The molecule has 1 aliphatic carbocycles. The molecular formula is C21H25ClN2O3S. The SMILES string of the molecule is Cc1ccc(S(=O)(=O)NCc2ccc(Cl)cc2)cc1C(=O)NC1CCCCC1. The van der Waals surface area contributed by atoms with E-state index < -0.39 is 10.0 Å². The quantitative estimate of drug-likeness (QED) is 0.735. The van der Waals surface area contributed by atoms with Crippen LogP contribution in [0.25, 0.3) is 0 Å². The maximum absolute atomic E-state index is 12.7. The third-order valence-corrected chi connectivity index (χ3v) is 6.73. The zero-order valence-corrected chi connectivity index (χ0v) is 17.4. The van der Waals surface area contributed by atoms with Crippen molar-refractivity contribution in [2.24, 2.45) is 0 Å². The monoisotopic (exact) mass is 420 g/mol. The lowest BCUT2D eigenvalue weighted by Gasteiger charge is -2.23. The van der Waals surface area contributed by atoms with Crippen molar-refractivity contribution < 1.29 is 13.2 Å². The summed E-state index contributed by atoms with van der Waals surface area (Å²) in [5.74, 6) is -0.209. The molecule has 28 heavy (non-hydrogen) atoms. The predicted octanol–water partition coefficient (Wildman–Crippen LogP) is 4.19. The fourth-order valence-electron chi connectivity index (χ4n) is 3.39. The van der Waals surface area contributed by atoms with Crippen LogP contribution in [0, 0.1) is 6.92 Å². The van der Waals surface area contributed by atoms with Gasteiger partial charge in [-0.05, 0) is 55.2 Å². The Morgan fingerprint density at radius 3 is 2.43 bits per heavy atom. The van der Waals surface area contributed by atoms with Crippen LogP contribution in [0.2, 0.25) is 5.02 Å². The molecule has 1 saturated carbocycles. The highest BCUT2D eigenvalue weighted by Crippen LogP contribution is 2.20. The minimum absolute atomic E-state index is 0.0841. The first-order valence-electron chi connectivity index (χ1n) is 9.51. The number of aryl methyl sites for hydroxylation is 1. The van der Waals surface area contributed by atoms with Crippen LogP contribution >= 0.6 is 11.6 Å². The average Bonchev–Trinajstić information content (AvgIpc) is 2.68. The summed E-state index contributed by atoms with van der Waals surface area (Å²) in [6.07, 6.45) is 5.40. The fourth-order valence-corrected chi connectivity index (χ4v) is 4.56. The maximum Gasteiger partial charge on any atom is 0.251 e. The van der Waals surface area contributed by atoms with Gasteiger partial charge >= 0.3 is 0 Å². The van der Waals surface area contributed by atoms with Gasteiger partial charge in [-0.2, -0.15) is 0 Å². The van der Waals surface area contributed by atoms with E-state index in [1.54, 1.807) is 30.3 Å². The lowest BCUT2D eigenvalue weighted by atomic mass is 9.95. The van der Waals surface area contributed by atoms with E-state index in [9.17, 15) is 13.2 Å². The van der Waals surface area contributed by atoms with Crippen LogP contribution < -0.4 is 10.0 Å². The van der Waals surface area contributed by atoms with Crippen LogP contribution in [0.3, 0.4) is 0 Å². The van der Waals surface area contributed by atoms with Crippen molar-refractivity contribution in [2.45, 2.75) is 56.5 Å². The van der Waals surface area contributed by atoms with Gasteiger partial charge in [-0.25, -0.2) is 13.1 Å². The molecule has 2 aromatic carbocycles. The number of hydrogen-bond donors (Lipinski definition) is 2.